The quantitative estimate of drug-likeness (QED) is 0.281. The van der Waals surface area contributed by atoms with Gasteiger partial charge in [0.05, 0.1) is 19.6 Å². The fraction of sp³-hybridized carbons (Fsp3) is 0.235. The first-order valence-electron chi connectivity index (χ1n) is 13.8. The van der Waals surface area contributed by atoms with Crippen LogP contribution in [0.1, 0.15) is 28.3 Å². The number of hydrogen-bond donors (Lipinski definition) is 1. The number of carbonyl (C=O) groups is 2. The number of nitrogens with one attached hydrogen (secondary N) is 1. The molecule has 1 atom stereocenters. The van der Waals surface area contributed by atoms with Gasteiger partial charge in [0, 0.05) is 36.6 Å². The van der Waals surface area contributed by atoms with Gasteiger partial charge in [-0.1, -0.05) is 78.4 Å². The number of carbonyl (C=O) groups excluding carboxylic acids is 2. The van der Waals surface area contributed by atoms with Crippen molar-refractivity contribution >= 4 is 23.2 Å². The van der Waals surface area contributed by atoms with E-state index in [0.29, 0.717) is 30.0 Å². The van der Waals surface area contributed by atoms with Crippen molar-refractivity contribution < 1.29 is 18.7 Å². The van der Waals surface area contributed by atoms with E-state index >= 15 is 0 Å². The highest BCUT2D eigenvalue weighted by atomic mass is 19.1. The summed E-state index contributed by atoms with van der Waals surface area (Å²) in [6.07, 6.45) is 0.0825. The number of rotatable bonds is 9. The van der Waals surface area contributed by atoms with E-state index in [1.807, 2.05) is 85.8 Å². The molecule has 1 saturated heterocycles. The molecule has 0 aromatic heterocycles. The number of aryl methyl sites for hydroxylation is 1. The second kappa shape index (κ2) is 13.2. The molecule has 1 N–H and O–H groups in total. The van der Waals surface area contributed by atoms with Crippen LogP contribution < -0.4 is 10.2 Å². The number of amides is 2. The Labute approximate surface area is 240 Å². The summed E-state index contributed by atoms with van der Waals surface area (Å²) in [4.78, 5) is 31.6. The van der Waals surface area contributed by atoms with Gasteiger partial charge in [0.2, 0.25) is 5.91 Å². The van der Waals surface area contributed by atoms with Crippen LogP contribution in [0.2, 0.25) is 0 Å². The van der Waals surface area contributed by atoms with Gasteiger partial charge in [0.25, 0.3) is 5.91 Å². The average molecular weight is 552 g/mol. The van der Waals surface area contributed by atoms with Gasteiger partial charge < -0.3 is 19.9 Å². The lowest BCUT2D eigenvalue weighted by molar-refractivity contribution is -0.139. The van der Waals surface area contributed by atoms with E-state index in [0.717, 1.165) is 29.9 Å². The van der Waals surface area contributed by atoms with E-state index in [-0.39, 0.29) is 24.8 Å². The van der Waals surface area contributed by atoms with E-state index in [9.17, 15) is 14.0 Å². The molecular weight excluding hydrogens is 517 g/mol. The maximum atomic E-state index is 14.8. The van der Waals surface area contributed by atoms with Crippen LogP contribution in [0.5, 0.6) is 0 Å². The minimum atomic E-state index is -0.981. The molecule has 4 aromatic rings. The lowest BCUT2D eigenvalue weighted by atomic mass is 10.00. The molecule has 1 aliphatic rings. The van der Waals surface area contributed by atoms with Gasteiger partial charge in [-0.3, -0.25) is 9.59 Å². The Morgan fingerprint density at radius 2 is 1.54 bits per heavy atom. The first-order valence-corrected chi connectivity index (χ1v) is 13.8. The number of anilines is 2. The molecule has 0 spiro atoms. The minimum Gasteiger partial charge on any atom is -0.378 e. The third-order valence-corrected chi connectivity index (χ3v) is 7.28. The van der Waals surface area contributed by atoms with Crippen LogP contribution >= 0.6 is 0 Å². The summed E-state index contributed by atoms with van der Waals surface area (Å²) in [6, 6.07) is 29.9. The molecule has 7 heteroatoms. The van der Waals surface area contributed by atoms with Crippen molar-refractivity contribution in [1.82, 2.24) is 4.90 Å². The molecule has 1 heterocycles. The molecule has 0 saturated carbocycles. The predicted octanol–water partition coefficient (Wildman–Crippen LogP) is 5.92. The second-order valence-corrected chi connectivity index (χ2v) is 10.2. The summed E-state index contributed by atoms with van der Waals surface area (Å²) in [5.41, 5.74) is 4.51. The maximum Gasteiger partial charge on any atom is 0.251 e. The van der Waals surface area contributed by atoms with Crippen molar-refractivity contribution in [3.63, 3.8) is 0 Å². The second-order valence-electron chi connectivity index (χ2n) is 10.2. The molecule has 0 unspecified atom stereocenters. The Morgan fingerprint density at radius 3 is 2.22 bits per heavy atom. The van der Waals surface area contributed by atoms with Crippen molar-refractivity contribution in [3.8, 4) is 0 Å². The van der Waals surface area contributed by atoms with Gasteiger partial charge in [-0.05, 0) is 48.4 Å². The summed E-state index contributed by atoms with van der Waals surface area (Å²) in [5.74, 6) is -1.07. The van der Waals surface area contributed by atoms with Crippen LogP contribution in [0.15, 0.2) is 103 Å². The average Bonchev–Trinajstić information content (AvgIpc) is 3.00. The Bertz CT molecular complexity index is 1450. The molecule has 1 fully saturated rings. The van der Waals surface area contributed by atoms with Crippen molar-refractivity contribution in [1.29, 1.82) is 0 Å². The fourth-order valence-electron chi connectivity index (χ4n) is 5.01. The number of nitrogens with zero attached hydrogens (tertiary/aromatic N) is 2. The van der Waals surface area contributed by atoms with Crippen molar-refractivity contribution in [2.75, 3.05) is 36.5 Å². The highest BCUT2D eigenvalue weighted by Gasteiger charge is 2.32. The van der Waals surface area contributed by atoms with Gasteiger partial charge in [-0.15, -0.1) is 0 Å². The van der Waals surface area contributed by atoms with Crippen LogP contribution in [-0.4, -0.2) is 43.0 Å². The largest absolute Gasteiger partial charge is 0.378 e. The highest BCUT2D eigenvalue weighted by molar-refractivity contribution is 5.98. The van der Waals surface area contributed by atoms with Crippen LogP contribution in [0.25, 0.3) is 0 Å². The van der Waals surface area contributed by atoms with Gasteiger partial charge in [0.15, 0.2) is 0 Å². The SMILES string of the molecule is Cc1ccc([C@@H](C(=O)Nc2ccc(N3CCOCC3)cc2)N(Cc2ccccc2F)C(=O)Cc2ccccc2)cc1. The van der Waals surface area contributed by atoms with E-state index in [1.54, 1.807) is 18.2 Å². The highest BCUT2D eigenvalue weighted by Crippen LogP contribution is 2.28. The summed E-state index contributed by atoms with van der Waals surface area (Å²) < 4.78 is 20.3. The molecule has 0 aliphatic carbocycles. The van der Waals surface area contributed by atoms with Gasteiger partial charge in [0.1, 0.15) is 11.9 Å². The normalized spacial score (nSPS) is 13.9. The number of benzene rings is 4. The van der Waals surface area contributed by atoms with Gasteiger partial charge in [-0.25, -0.2) is 4.39 Å². The van der Waals surface area contributed by atoms with Crippen LogP contribution in [0, 0.1) is 12.7 Å². The molecule has 5 rings (SSSR count). The molecule has 41 heavy (non-hydrogen) atoms. The Morgan fingerprint density at radius 1 is 0.878 bits per heavy atom. The number of halogens is 1. The predicted molar refractivity (Wildman–Crippen MR) is 159 cm³/mol. The zero-order chi connectivity index (χ0) is 28.6. The maximum absolute atomic E-state index is 14.8. The molecule has 210 valence electrons. The third kappa shape index (κ3) is 7.18. The molecule has 2 amide bonds. The van der Waals surface area contributed by atoms with Crippen LogP contribution in [0.4, 0.5) is 15.8 Å². The van der Waals surface area contributed by atoms with Gasteiger partial charge in [-0.2, -0.15) is 0 Å². The summed E-state index contributed by atoms with van der Waals surface area (Å²) in [7, 11) is 0. The molecule has 6 nitrogen and oxygen atoms in total. The van der Waals surface area contributed by atoms with Crippen molar-refractivity contribution in [2.45, 2.75) is 25.9 Å². The first-order chi connectivity index (χ1) is 20.0. The Balaban J connectivity index is 1.47. The minimum absolute atomic E-state index is 0.0553. The third-order valence-electron chi connectivity index (χ3n) is 7.28. The number of morpholine rings is 1. The zero-order valence-electron chi connectivity index (χ0n) is 23.1. The van der Waals surface area contributed by atoms with Crippen molar-refractivity contribution in [2.24, 2.45) is 0 Å². The lowest BCUT2D eigenvalue weighted by Gasteiger charge is -2.32. The van der Waals surface area contributed by atoms with Crippen LogP contribution in [-0.2, 0) is 27.3 Å². The van der Waals surface area contributed by atoms with Gasteiger partial charge >= 0.3 is 0 Å². The zero-order valence-corrected chi connectivity index (χ0v) is 23.1. The molecular formula is C34H34FN3O3. The molecule has 1 aliphatic heterocycles. The van der Waals surface area contributed by atoms with E-state index in [2.05, 4.69) is 10.2 Å². The molecule has 0 radical (unpaired) electrons. The Kier molecular flexibility index (Phi) is 9.06. The molecule has 0 bridgehead atoms. The number of ether oxygens (including phenoxy) is 1. The standard InChI is InChI=1S/C34H34FN3O3/c1-25-11-13-27(14-12-25)33(34(40)36-29-15-17-30(18-16-29)37-19-21-41-22-20-37)38(24-28-9-5-6-10-31(28)35)32(39)23-26-7-3-2-4-8-26/h2-18,33H,19-24H2,1H3,(H,36,40)/t33-/m0/s1. The Hall–Kier alpha value is -4.49. The smallest absolute Gasteiger partial charge is 0.251 e. The van der Waals surface area contributed by atoms with E-state index in [4.69, 9.17) is 4.74 Å². The fourth-order valence-corrected chi connectivity index (χ4v) is 5.01. The number of hydrogen-bond acceptors (Lipinski definition) is 4. The molecule has 4 aromatic carbocycles. The summed E-state index contributed by atoms with van der Waals surface area (Å²) >= 11 is 0. The van der Waals surface area contributed by atoms with E-state index < -0.39 is 11.9 Å². The topological polar surface area (TPSA) is 61.9 Å². The first kappa shape index (κ1) is 28.1. The lowest BCUT2D eigenvalue weighted by Crippen LogP contribution is -2.42. The summed E-state index contributed by atoms with van der Waals surface area (Å²) in [6.45, 7) is 4.91. The van der Waals surface area contributed by atoms with E-state index in [1.165, 1.54) is 11.0 Å². The monoisotopic (exact) mass is 551 g/mol. The van der Waals surface area contributed by atoms with Crippen molar-refractivity contribution in [3.05, 3.63) is 131 Å². The van der Waals surface area contributed by atoms with Crippen LogP contribution in [0.3, 0.4) is 0 Å². The summed E-state index contributed by atoms with van der Waals surface area (Å²) in [5, 5.41) is 3.02.